The standard InChI is InChI=1S/C19H16ClFN2O2/c1-12-17(23-19(25-12)13-6-8-14(21)9-7-13)10-11-22-18(24)15-4-2-3-5-16(15)20/h2-9H,10-11H2,1H3,(H,22,24). The average molecular weight is 359 g/mol. The third kappa shape index (κ3) is 4.06. The van der Waals surface area contributed by atoms with E-state index in [4.69, 9.17) is 16.0 Å². The van der Waals surface area contributed by atoms with E-state index >= 15 is 0 Å². The van der Waals surface area contributed by atoms with Gasteiger partial charge in [-0.2, -0.15) is 0 Å². The molecule has 0 saturated heterocycles. The van der Waals surface area contributed by atoms with Gasteiger partial charge < -0.3 is 9.73 Å². The van der Waals surface area contributed by atoms with Crippen LogP contribution in [0.15, 0.2) is 52.9 Å². The highest BCUT2D eigenvalue weighted by Gasteiger charge is 2.13. The zero-order chi connectivity index (χ0) is 17.8. The topological polar surface area (TPSA) is 55.1 Å². The molecule has 0 saturated carbocycles. The normalized spacial score (nSPS) is 10.7. The summed E-state index contributed by atoms with van der Waals surface area (Å²) < 4.78 is 18.6. The molecular weight excluding hydrogens is 343 g/mol. The third-order valence-corrected chi connectivity index (χ3v) is 4.08. The maximum absolute atomic E-state index is 13.0. The van der Waals surface area contributed by atoms with E-state index < -0.39 is 0 Å². The molecule has 0 fully saturated rings. The minimum Gasteiger partial charge on any atom is -0.441 e. The summed E-state index contributed by atoms with van der Waals surface area (Å²) >= 11 is 6.01. The van der Waals surface area contributed by atoms with E-state index in [1.807, 2.05) is 6.92 Å². The monoisotopic (exact) mass is 358 g/mol. The number of aromatic nitrogens is 1. The van der Waals surface area contributed by atoms with E-state index in [1.54, 1.807) is 36.4 Å². The van der Waals surface area contributed by atoms with Gasteiger partial charge in [-0.05, 0) is 43.3 Å². The van der Waals surface area contributed by atoms with Crippen molar-refractivity contribution in [2.45, 2.75) is 13.3 Å². The van der Waals surface area contributed by atoms with Gasteiger partial charge in [-0.25, -0.2) is 9.37 Å². The molecule has 6 heteroatoms. The van der Waals surface area contributed by atoms with Crippen molar-refractivity contribution in [3.63, 3.8) is 0 Å². The Hall–Kier alpha value is -2.66. The molecule has 1 amide bonds. The molecule has 0 spiro atoms. The molecule has 25 heavy (non-hydrogen) atoms. The Balaban J connectivity index is 1.63. The molecule has 1 N–H and O–H groups in total. The van der Waals surface area contributed by atoms with Gasteiger partial charge in [0, 0.05) is 18.5 Å². The lowest BCUT2D eigenvalue weighted by atomic mass is 10.2. The van der Waals surface area contributed by atoms with Crippen molar-refractivity contribution < 1.29 is 13.6 Å². The largest absolute Gasteiger partial charge is 0.441 e. The molecule has 3 rings (SSSR count). The van der Waals surface area contributed by atoms with Gasteiger partial charge in [0.1, 0.15) is 11.6 Å². The summed E-state index contributed by atoms with van der Waals surface area (Å²) in [7, 11) is 0. The Morgan fingerprint density at radius 1 is 1.20 bits per heavy atom. The highest BCUT2D eigenvalue weighted by atomic mass is 35.5. The van der Waals surface area contributed by atoms with Crippen LogP contribution in [-0.4, -0.2) is 17.4 Å². The molecule has 0 aliphatic carbocycles. The first kappa shape index (κ1) is 17.2. The second-order valence-corrected chi connectivity index (χ2v) is 5.92. The van der Waals surface area contributed by atoms with Crippen molar-refractivity contribution in [3.8, 4) is 11.5 Å². The van der Waals surface area contributed by atoms with E-state index in [0.29, 0.717) is 40.8 Å². The van der Waals surface area contributed by atoms with Gasteiger partial charge in [0.15, 0.2) is 0 Å². The predicted octanol–water partition coefficient (Wildman–Crippen LogP) is 4.42. The van der Waals surface area contributed by atoms with Crippen LogP contribution in [0.1, 0.15) is 21.8 Å². The fraction of sp³-hybridized carbons (Fsp3) is 0.158. The van der Waals surface area contributed by atoms with Crippen LogP contribution in [-0.2, 0) is 6.42 Å². The first-order valence-electron chi connectivity index (χ1n) is 7.79. The van der Waals surface area contributed by atoms with Crippen molar-refractivity contribution in [2.75, 3.05) is 6.54 Å². The first-order valence-corrected chi connectivity index (χ1v) is 8.17. The van der Waals surface area contributed by atoms with Gasteiger partial charge >= 0.3 is 0 Å². The van der Waals surface area contributed by atoms with Gasteiger partial charge in [0.05, 0.1) is 16.3 Å². The maximum Gasteiger partial charge on any atom is 0.252 e. The number of aryl methyl sites for hydroxylation is 1. The molecule has 3 aromatic rings. The van der Waals surface area contributed by atoms with Crippen LogP contribution in [0.2, 0.25) is 5.02 Å². The summed E-state index contributed by atoms with van der Waals surface area (Å²) in [5.74, 6) is 0.566. The Labute approximate surface area is 149 Å². The minimum atomic E-state index is -0.311. The Kier molecular flexibility index (Phi) is 5.14. The number of rotatable bonds is 5. The smallest absolute Gasteiger partial charge is 0.252 e. The zero-order valence-corrected chi connectivity index (χ0v) is 14.3. The van der Waals surface area contributed by atoms with Crippen molar-refractivity contribution in [1.82, 2.24) is 10.3 Å². The minimum absolute atomic E-state index is 0.231. The van der Waals surface area contributed by atoms with Crippen molar-refractivity contribution in [3.05, 3.63) is 76.4 Å². The maximum atomic E-state index is 13.0. The number of amides is 1. The zero-order valence-electron chi connectivity index (χ0n) is 13.6. The lowest BCUT2D eigenvalue weighted by molar-refractivity contribution is 0.0954. The third-order valence-electron chi connectivity index (χ3n) is 3.75. The van der Waals surface area contributed by atoms with Crippen molar-refractivity contribution >= 4 is 17.5 Å². The van der Waals surface area contributed by atoms with Crippen molar-refractivity contribution in [1.29, 1.82) is 0 Å². The number of halogens is 2. The number of hydrogen-bond acceptors (Lipinski definition) is 3. The number of nitrogens with zero attached hydrogens (tertiary/aromatic N) is 1. The van der Waals surface area contributed by atoms with Gasteiger partial charge in [0.25, 0.3) is 5.91 Å². The van der Waals surface area contributed by atoms with Crippen LogP contribution >= 0.6 is 11.6 Å². The fourth-order valence-corrected chi connectivity index (χ4v) is 2.63. The Morgan fingerprint density at radius 3 is 2.64 bits per heavy atom. The summed E-state index contributed by atoms with van der Waals surface area (Å²) in [6.45, 7) is 2.21. The number of carbonyl (C=O) groups excluding carboxylic acids is 1. The van der Waals surface area contributed by atoms with Crippen LogP contribution in [0.5, 0.6) is 0 Å². The summed E-state index contributed by atoms with van der Waals surface area (Å²) in [5, 5.41) is 3.23. The summed E-state index contributed by atoms with van der Waals surface area (Å²) in [4.78, 5) is 16.6. The van der Waals surface area contributed by atoms with E-state index in [-0.39, 0.29) is 11.7 Å². The molecule has 4 nitrogen and oxygen atoms in total. The number of carbonyl (C=O) groups is 1. The second-order valence-electron chi connectivity index (χ2n) is 5.51. The van der Waals surface area contributed by atoms with E-state index in [0.717, 1.165) is 5.69 Å². The van der Waals surface area contributed by atoms with Crippen LogP contribution in [0.25, 0.3) is 11.5 Å². The highest BCUT2D eigenvalue weighted by molar-refractivity contribution is 6.33. The number of hydrogen-bond donors (Lipinski definition) is 1. The van der Waals surface area contributed by atoms with E-state index in [9.17, 15) is 9.18 Å². The van der Waals surface area contributed by atoms with Crippen LogP contribution in [0.3, 0.4) is 0 Å². The van der Waals surface area contributed by atoms with Gasteiger partial charge in [-0.3, -0.25) is 4.79 Å². The summed E-state index contributed by atoms with van der Waals surface area (Å²) in [6, 6.07) is 12.8. The molecule has 0 radical (unpaired) electrons. The summed E-state index contributed by atoms with van der Waals surface area (Å²) in [6.07, 6.45) is 0.521. The molecule has 2 aromatic carbocycles. The van der Waals surface area contributed by atoms with E-state index in [1.165, 1.54) is 12.1 Å². The molecule has 0 aliphatic rings. The quantitative estimate of drug-likeness (QED) is 0.734. The number of nitrogens with one attached hydrogen (secondary N) is 1. The lowest BCUT2D eigenvalue weighted by Crippen LogP contribution is -2.26. The van der Waals surface area contributed by atoms with E-state index in [2.05, 4.69) is 10.3 Å². The molecule has 0 unspecified atom stereocenters. The van der Waals surface area contributed by atoms with Gasteiger partial charge in [0.2, 0.25) is 5.89 Å². The SMILES string of the molecule is Cc1oc(-c2ccc(F)cc2)nc1CCNC(=O)c1ccccc1Cl. The molecule has 1 aromatic heterocycles. The first-order chi connectivity index (χ1) is 12.0. The van der Waals surface area contributed by atoms with Gasteiger partial charge in [-0.15, -0.1) is 0 Å². The second kappa shape index (κ2) is 7.49. The average Bonchev–Trinajstić information content (AvgIpc) is 2.97. The molecular formula is C19H16ClFN2O2. The fourth-order valence-electron chi connectivity index (χ4n) is 2.41. The van der Waals surface area contributed by atoms with Crippen LogP contribution in [0, 0.1) is 12.7 Å². The number of benzene rings is 2. The van der Waals surface area contributed by atoms with Crippen molar-refractivity contribution in [2.24, 2.45) is 0 Å². The molecule has 1 heterocycles. The Morgan fingerprint density at radius 2 is 1.92 bits per heavy atom. The van der Waals surface area contributed by atoms with Crippen LogP contribution < -0.4 is 5.32 Å². The number of oxazole rings is 1. The van der Waals surface area contributed by atoms with Crippen LogP contribution in [0.4, 0.5) is 4.39 Å². The lowest BCUT2D eigenvalue weighted by Gasteiger charge is -2.05. The molecule has 0 atom stereocenters. The van der Waals surface area contributed by atoms with Gasteiger partial charge in [-0.1, -0.05) is 23.7 Å². The molecule has 0 bridgehead atoms. The predicted molar refractivity (Wildman–Crippen MR) is 94.1 cm³/mol. The summed E-state index contributed by atoms with van der Waals surface area (Å²) in [5.41, 5.74) is 1.89. The Bertz CT molecular complexity index is 891. The molecule has 128 valence electrons. The highest BCUT2D eigenvalue weighted by Crippen LogP contribution is 2.22. The molecule has 0 aliphatic heterocycles.